The lowest BCUT2D eigenvalue weighted by Crippen LogP contribution is -2.01. The van der Waals surface area contributed by atoms with Gasteiger partial charge in [0.2, 0.25) is 0 Å². The molecule has 0 rings (SSSR count). The number of hydrogen-bond donors (Lipinski definition) is 1. The highest BCUT2D eigenvalue weighted by atomic mass is 31.1. The molecule has 0 heterocycles. The Balaban J connectivity index is 3.65. The molecule has 0 unspecified atom stereocenters. The van der Waals surface area contributed by atoms with Crippen LogP contribution in [-0.4, -0.2) is 30.6 Å². The maximum absolute atomic E-state index is 10.1. The Labute approximate surface area is 56.3 Å². The van der Waals surface area contributed by atoms with Gasteiger partial charge in [0.25, 0.3) is 0 Å². The van der Waals surface area contributed by atoms with Crippen LogP contribution >= 0.6 is 7.92 Å². The molecule has 0 radical (unpaired) electrons. The second-order valence-corrected chi connectivity index (χ2v) is 4.62. The van der Waals surface area contributed by atoms with Crippen molar-refractivity contribution >= 4 is 13.9 Å². The predicted molar refractivity (Wildman–Crippen MR) is 40.4 cm³/mol. The summed E-state index contributed by atoms with van der Waals surface area (Å²) in [4.78, 5) is 10.1. The molecule has 0 aliphatic rings. The zero-order valence-electron chi connectivity index (χ0n) is 5.72. The third kappa shape index (κ3) is 4.16. The van der Waals surface area contributed by atoms with Crippen molar-refractivity contribution in [3.05, 3.63) is 12.2 Å². The van der Waals surface area contributed by atoms with Gasteiger partial charge >= 0.3 is 5.97 Å². The number of carbonyl (C=O) groups is 1. The molecule has 0 saturated carbocycles. The van der Waals surface area contributed by atoms with E-state index in [4.69, 9.17) is 5.11 Å². The van der Waals surface area contributed by atoms with Gasteiger partial charge in [-0.1, -0.05) is 6.58 Å². The fourth-order valence-corrected chi connectivity index (χ4v) is 1.35. The SMILES string of the molecule is C=C(CP(C)C)C(=O)O. The molecule has 0 spiro atoms. The van der Waals surface area contributed by atoms with Crippen molar-refractivity contribution in [2.75, 3.05) is 19.5 Å². The van der Waals surface area contributed by atoms with Crippen LogP contribution in [0.25, 0.3) is 0 Å². The van der Waals surface area contributed by atoms with Gasteiger partial charge in [0.05, 0.1) is 0 Å². The van der Waals surface area contributed by atoms with Gasteiger partial charge in [0.15, 0.2) is 0 Å². The van der Waals surface area contributed by atoms with E-state index in [2.05, 4.69) is 6.58 Å². The molecule has 0 atom stereocenters. The number of hydrogen-bond acceptors (Lipinski definition) is 1. The molecular formula is C6H11O2P. The fourth-order valence-electron chi connectivity index (χ4n) is 0.449. The summed E-state index contributed by atoms with van der Waals surface area (Å²) in [6.07, 6.45) is 0.644. The lowest BCUT2D eigenvalue weighted by Gasteiger charge is -2.02. The Kier molecular flexibility index (Phi) is 3.48. The van der Waals surface area contributed by atoms with Crippen LogP contribution in [0.2, 0.25) is 0 Å². The molecule has 1 N–H and O–H groups in total. The number of carboxylic acids is 1. The van der Waals surface area contributed by atoms with Crippen molar-refractivity contribution in [3.8, 4) is 0 Å². The topological polar surface area (TPSA) is 37.3 Å². The summed E-state index contributed by atoms with van der Waals surface area (Å²) >= 11 is 0. The van der Waals surface area contributed by atoms with Crippen LogP contribution < -0.4 is 0 Å². The summed E-state index contributed by atoms with van der Waals surface area (Å²) in [5, 5.41) is 8.34. The van der Waals surface area contributed by atoms with Gasteiger partial charge in [-0.3, -0.25) is 0 Å². The maximum atomic E-state index is 10.1. The average Bonchev–Trinajstić information content (AvgIpc) is 1.63. The Morgan fingerprint density at radius 2 is 2.11 bits per heavy atom. The molecule has 0 bridgehead atoms. The van der Waals surface area contributed by atoms with Crippen molar-refractivity contribution in [1.82, 2.24) is 0 Å². The van der Waals surface area contributed by atoms with E-state index in [-0.39, 0.29) is 7.92 Å². The molecule has 2 nitrogen and oxygen atoms in total. The molecule has 0 aromatic heterocycles. The van der Waals surface area contributed by atoms with Gasteiger partial charge in [-0.2, -0.15) is 0 Å². The molecule has 0 fully saturated rings. The lowest BCUT2D eigenvalue weighted by molar-refractivity contribution is -0.132. The van der Waals surface area contributed by atoms with E-state index in [0.29, 0.717) is 11.7 Å². The zero-order valence-corrected chi connectivity index (χ0v) is 6.61. The van der Waals surface area contributed by atoms with E-state index in [1.165, 1.54) is 0 Å². The van der Waals surface area contributed by atoms with Crippen molar-refractivity contribution in [3.63, 3.8) is 0 Å². The summed E-state index contributed by atoms with van der Waals surface area (Å²) in [5.41, 5.74) is 0.325. The highest BCUT2D eigenvalue weighted by Gasteiger charge is 2.04. The van der Waals surface area contributed by atoms with Crippen molar-refractivity contribution in [1.29, 1.82) is 0 Å². The minimum atomic E-state index is -0.869. The molecule has 0 aliphatic heterocycles. The second kappa shape index (κ2) is 3.62. The van der Waals surface area contributed by atoms with Gasteiger partial charge in [-0.05, 0) is 19.5 Å². The molecule has 0 saturated heterocycles. The van der Waals surface area contributed by atoms with Crippen molar-refractivity contribution < 1.29 is 9.90 Å². The van der Waals surface area contributed by atoms with Gasteiger partial charge in [0.1, 0.15) is 0 Å². The molecule has 0 aromatic rings. The summed E-state index contributed by atoms with van der Waals surface area (Å²) in [5.74, 6) is -0.869. The summed E-state index contributed by atoms with van der Waals surface area (Å²) in [7, 11) is -0.153. The number of rotatable bonds is 3. The van der Waals surface area contributed by atoms with Gasteiger partial charge < -0.3 is 5.11 Å². The van der Waals surface area contributed by atoms with Crippen LogP contribution in [0.15, 0.2) is 12.2 Å². The summed E-state index contributed by atoms with van der Waals surface area (Å²) < 4.78 is 0. The molecule has 0 aliphatic carbocycles. The first-order chi connectivity index (χ1) is 4.04. The average molecular weight is 146 g/mol. The minimum absolute atomic E-state index is 0.153. The first kappa shape index (κ1) is 8.64. The standard InChI is InChI=1S/C6H11O2P/c1-5(6(7)8)4-9(2)3/h1,4H2,2-3H3,(H,7,8). The first-order valence-corrected chi connectivity index (χ1v) is 5.02. The molecule has 3 heteroatoms. The highest BCUT2D eigenvalue weighted by Crippen LogP contribution is 2.26. The van der Waals surface area contributed by atoms with E-state index in [0.717, 1.165) is 0 Å². The molecule has 9 heavy (non-hydrogen) atoms. The predicted octanol–water partition coefficient (Wildman–Crippen LogP) is 1.37. The second-order valence-electron chi connectivity index (χ2n) is 2.15. The van der Waals surface area contributed by atoms with Crippen LogP contribution in [0.3, 0.4) is 0 Å². The summed E-state index contributed by atoms with van der Waals surface area (Å²) in [6, 6.07) is 0. The van der Waals surface area contributed by atoms with Crippen molar-refractivity contribution in [2.24, 2.45) is 0 Å². The molecular weight excluding hydrogens is 135 g/mol. The van der Waals surface area contributed by atoms with Gasteiger partial charge in [-0.25, -0.2) is 4.79 Å². The van der Waals surface area contributed by atoms with Crippen LogP contribution in [-0.2, 0) is 4.79 Å². The van der Waals surface area contributed by atoms with Crippen LogP contribution in [0.4, 0.5) is 0 Å². The van der Waals surface area contributed by atoms with Crippen LogP contribution in [0, 0.1) is 0 Å². The van der Waals surface area contributed by atoms with E-state index in [1.807, 2.05) is 13.3 Å². The first-order valence-electron chi connectivity index (χ1n) is 2.60. The fraction of sp³-hybridized carbons (Fsp3) is 0.500. The van der Waals surface area contributed by atoms with E-state index in [9.17, 15) is 4.79 Å². The third-order valence-electron chi connectivity index (χ3n) is 0.810. The lowest BCUT2D eigenvalue weighted by atomic mass is 10.4. The third-order valence-corrected chi connectivity index (χ3v) is 1.82. The zero-order chi connectivity index (χ0) is 7.44. The van der Waals surface area contributed by atoms with Crippen LogP contribution in [0.5, 0.6) is 0 Å². The Morgan fingerprint density at radius 1 is 1.67 bits per heavy atom. The highest BCUT2D eigenvalue weighted by molar-refractivity contribution is 7.56. The van der Waals surface area contributed by atoms with Gasteiger partial charge in [0, 0.05) is 5.57 Å². The number of aliphatic carboxylic acids is 1. The van der Waals surface area contributed by atoms with Crippen molar-refractivity contribution in [2.45, 2.75) is 0 Å². The summed E-state index contributed by atoms with van der Waals surface area (Å²) in [6.45, 7) is 7.47. The monoisotopic (exact) mass is 146 g/mol. The van der Waals surface area contributed by atoms with Crippen LogP contribution in [0.1, 0.15) is 0 Å². The Hall–Kier alpha value is -0.360. The minimum Gasteiger partial charge on any atom is -0.478 e. The molecule has 0 aromatic carbocycles. The van der Waals surface area contributed by atoms with Gasteiger partial charge in [-0.15, -0.1) is 7.92 Å². The smallest absolute Gasteiger partial charge is 0.331 e. The van der Waals surface area contributed by atoms with E-state index in [1.54, 1.807) is 0 Å². The quantitative estimate of drug-likeness (QED) is 0.482. The molecule has 0 amide bonds. The Bertz CT molecular complexity index is 129. The Morgan fingerprint density at radius 3 is 2.22 bits per heavy atom. The molecule has 52 valence electrons. The van der Waals surface area contributed by atoms with E-state index >= 15 is 0 Å². The van der Waals surface area contributed by atoms with E-state index < -0.39 is 5.97 Å². The largest absolute Gasteiger partial charge is 0.478 e. The number of carboxylic acid groups (broad SMARTS) is 1. The maximum Gasteiger partial charge on any atom is 0.331 e. The normalized spacial score (nSPS) is 9.67.